The molecule has 2 aliphatic heterocycles. The van der Waals surface area contributed by atoms with Crippen LogP contribution >= 0.6 is 11.6 Å². The van der Waals surface area contributed by atoms with Gasteiger partial charge in [-0.2, -0.15) is 0 Å². The molecule has 1 aromatic heterocycles. The van der Waals surface area contributed by atoms with Crippen LogP contribution in [0.15, 0.2) is 42.6 Å². The summed E-state index contributed by atoms with van der Waals surface area (Å²) in [6.07, 6.45) is -3.89. The zero-order valence-corrected chi connectivity index (χ0v) is 22.8. The van der Waals surface area contributed by atoms with E-state index in [-0.39, 0.29) is 6.61 Å². The summed E-state index contributed by atoms with van der Waals surface area (Å²) in [5.41, 5.74) is 1.55. The van der Waals surface area contributed by atoms with Crippen molar-refractivity contribution in [2.45, 2.75) is 51.4 Å². The van der Waals surface area contributed by atoms with Crippen LogP contribution in [0.25, 0.3) is 10.9 Å². The van der Waals surface area contributed by atoms with E-state index < -0.39 is 48.6 Å². The number of carbonyl (C=O) groups excluding carboxylic acids is 3. The summed E-state index contributed by atoms with van der Waals surface area (Å²) >= 11 is 6.64. The Kier molecular flexibility index (Phi) is 7.88. The molecule has 3 heterocycles. The van der Waals surface area contributed by atoms with Crippen LogP contribution in [0.5, 0.6) is 11.5 Å². The number of hydrogen-bond donors (Lipinski definition) is 1. The molecule has 5 rings (SSSR count). The number of aliphatic hydroxyl groups excluding tert-OH is 1. The zero-order valence-electron chi connectivity index (χ0n) is 22.0. The maximum absolute atomic E-state index is 12.2. The minimum Gasteiger partial charge on any atom is -0.486 e. The number of hydrogen-bond acceptors (Lipinski definition) is 10. The van der Waals surface area contributed by atoms with E-state index in [1.165, 1.54) is 20.8 Å². The molecule has 0 bridgehead atoms. The number of nitrogens with zero attached hydrogens (tertiary/aromatic N) is 1. The summed E-state index contributed by atoms with van der Waals surface area (Å²) in [4.78, 5) is 35.9. The number of fused-ring (bicyclic) bond motifs is 2. The summed E-state index contributed by atoms with van der Waals surface area (Å²) in [5, 5.41) is 12.4. The molecule has 0 amide bonds. The average molecular weight is 574 g/mol. The minimum absolute atomic E-state index is 0.153. The Morgan fingerprint density at radius 3 is 2.33 bits per heavy atom. The van der Waals surface area contributed by atoms with Crippen LogP contribution in [0, 0.1) is 0 Å². The standard InChI is InChI=1S/C28H28ClNO10/c1-14(31)38-23-13-37-28(27(40-16(3)33)26(23)39-15(2)32)30-12-18(24-19(29)5-4-6-20(24)30)25(34)17-7-8-21-22(11-17)36-10-9-35-21/h4-8,11-12,23,25-28,34H,9-10,13H2,1-3H3/t23-,25?,26+,27-,28-/m1/s1. The summed E-state index contributed by atoms with van der Waals surface area (Å²) in [5.74, 6) is -0.834. The number of esters is 3. The number of carbonyl (C=O) groups is 3. The highest BCUT2D eigenvalue weighted by molar-refractivity contribution is 6.35. The largest absolute Gasteiger partial charge is 0.486 e. The summed E-state index contributed by atoms with van der Waals surface area (Å²) < 4.78 is 35.4. The van der Waals surface area contributed by atoms with Gasteiger partial charge in [0.1, 0.15) is 19.3 Å². The molecule has 0 spiro atoms. The second kappa shape index (κ2) is 11.4. The highest BCUT2D eigenvalue weighted by atomic mass is 35.5. The van der Waals surface area contributed by atoms with Gasteiger partial charge in [0, 0.05) is 37.9 Å². The quantitative estimate of drug-likeness (QED) is 0.345. The Morgan fingerprint density at radius 1 is 0.950 bits per heavy atom. The lowest BCUT2D eigenvalue weighted by atomic mass is 10.0. The molecular formula is C28H28ClNO10. The SMILES string of the molecule is CC(=O)O[C@@H]1[C@@H](OC(C)=O)[C@H](OC(C)=O)CO[C@H]1n1cc(C(O)c2ccc3c(c2)OCCO3)c2c(Cl)cccc21. The molecule has 2 aliphatic rings. The smallest absolute Gasteiger partial charge is 0.303 e. The van der Waals surface area contributed by atoms with Crippen LogP contribution in [0.2, 0.25) is 5.02 Å². The van der Waals surface area contributed by atoms with E-state index in [0.717, 1.165) is 0 Å². The number of halogens is 1. The first kappa shape index (κ1) is 27.8. The van der Waals surface area contributed by atoms with E-state index in [9.17, 15) is 19.5 Å². The van der Waals surface area contributed by atoms with E-state index >= 15 is 0 Å². The number of aromatic nitrogens is 1. The van der Waals surface area contributed by atoms with E-state index in [0.29, 0.717) is 51.8 Å². The Hall–Kier alpha value is -3.80. The van der Waals surface area contributed by atoms with Crippen LogP contribution in [-0.2, 0) is 33.3 Å². The third-order valence-electron chi connectivity index (χ3n) is 6.61. The fourth-order valence-corrected chi connectivity index (χ4v) is 5.37. The van der Waals surface area contributed by atoms with Gasteiger partial charge in [-0.1, -0.05) is 23.7 Å². The molecule has 1 fully saturated rings. The van der Waals surface area contributed by atoms with Crippen LogP contribution in [0.3, 0.4) is 0 Å². The molecule has 11 nitrogen and oxygen atoms in total. The zero-order chi connectivity index (χ0) is 28.6. The number of rotatable bonds is 6. The normalized spacial score (nSPS) is 22.8. The number of aliphatic hydroxyl groups is 1. The lowest BCUT2D eigenvalue weighted by Crippen LogP contribution is -2.55. The lowest BCUT2D eigenvalue weighted by Gasteiger charge is -2.41. The molecular weight excluding hydrogens is 546 g/mol. The summed E-state index contributed by atoms with van der Waals surface area (Å²) in [7, 11) is 0. The average Bonchev–Trinajstić information content (AvgIpc) is 3.30. The van der Waals surface area contributed by atoms with E-state index in [1.807, 2.05) is 0 Å². The minimum atomic E-state index is -1.20. The molecule has 0 radical (unpaired) electrons. The second-order valence-corrected chi connectivity index (χ2v) is 9.86. The maximum Gasteiger partial charge on any atom is 0.303 e. The predicted octanol–water partition coefficient (Wildman–Crippen LogP) is 3.47. The van der Waals surface area contributed by atoms with Gasteiger partial charge < -0.3 is 38.1 Å². The van der Waals surface area contributed by atoms with Crippen molar-refractivity contribution < 1.29 is 47.9 Å². The summed E-state index contributed by atoms with van der Waals surface area (Å²) in [6.45, 7) is 4.30. The van der Waals surface area contributed by atoms with Gasteiger partial charge in [0.15, 0.2) is 36.0 Å². The number of ether oxygens (including phenoxy) is 6. The molecule has 2 aromatic carbocycles. The van der Waals surface area contributed by atoms with Gasteiger partial charge in [-0.25, -0.2) is 0 Å². The van der Waals surface area contributed by atoms with Gasteiger partial charge in [-0.05, 0) is 29.8 Å². The molecule has 0 aliphatic carbocycles. The van der Waals surface area contributed by atoms with Crippen molar-refractivity contribution in [1.82, 2.24) is 4.57 Å². The topological polar surface area (TPSA) is 132 Å². The van der Waals surface area contributed by atoms with Gasteiger partial charge in [0.05, 0.1) is 17.1 Å². The fraction of sp³-hybridized carbons (Fsp3) is 0.393. The first-order valence-corrected chi connectivity index (χ1v) is 13.0. The maximum atomic E-state index is 12.2. The first-order valence-electron chi connectivity index (χ1n) is 12.6. The Labute approximate surface area is 234 Å². The third-order valence-corrected chi connectivity index (χ3v) is 6.93. The molecule has 5 atom stereocenters. The van der Waals surface area contributed by atoms with Gasteiger partial charge in [0.25, 0.3) is 0 Å². The van der Waals surface area contributed by atoms with Gasteiger partial charge in [-0.15, -0.1) is 0 Å². The first-order chi connectivity index (χ1) is 19.1. The molecule has 1 N–H and O–H groups in total. The van der Waals surface area contributed by atoms with E-state index in [4.69, 9.17) is 40.0 Å². The van der Waals surface area contributed by atoms with Crippen molar-refractivity contribution in [1.29, 1.82) is 0 Å². The van der Waals surface area contributed by atoms with Crippen molar-refractivity contribution >= 4 is 40.4 Å². The molecule has 212 valence electrons. The fourth-order valence-electron chi connectivity index (χ4n) is 5.09. The molecule has 0 saturated carbocycles. The van der Waals surface area contributed by atoms with E-state index in [1.54, 1.807) is 47.2 Å². The predicted molar refractivity (Wildman–Crippen MR) is 140 cm³/mol. The monoisotopic (exact) mass is 573 g/mol. The van der Waals surface area contributed by atoms with Crippen LogP contribution < -0.4 is 9.47 Å². The molecule has 12 heteroatoms. The van der Waals surface area contributed by atoms with Gasteiger partial charge in [0.2, 0.25) is 0 Å². The Morgan fingerprint density at radius 2 is 1.62 bits per heavy atom. The van der Waals surface area contributed by atoms with Crippen LogP contribution in [-0.4, -0.2) is 65.7 Å². The molecule has 40 heavy (non-hydrogen) atoms. The summed E-state index contributed by atoms with van der Waals surface area (Å²) in [6, 6.07) is 10.4. The molecule has 1 saturated heterocycles. The molecule has 3 aromatic rings. The van der Waals surface area contributed by atoms with Crippen LogP contribution in [0.4, 0.5) is 0 Å². The third kappa shape index (κ3) is 5.45. The Balaban J connectivity index is 1.60. The van der Waals surface area contributed by atoms with Crippen molar-refractivity contribution in [3.63, 3.8) is 0 Å². The van der Waals surface area contributed by atoms with Crippen molar-refractivity contribution in [3.8, 4) is 11.5 Å². The number of benzene rings is 2. The highest BCUT2D eigenvalue weighted by Gasteiger charge is 2.48. The van der Waals surface area contributed by atoms with E-state index in [2.05, 4.69) is 0 Å². The van der Waals surface area contributed by atoms with Crippen molar-refractivity contribution in [2.24, 2.45) is 0 Å². The molecule has 1 unspecified atom stereocenters. The van der Waals surface area contributed by atoms with Gasteiger partial charge in [-0.3, -0.25) is 14.4 Å². The Bertz CT molecular complexity index is 1450. The second-order valence-electron chi connectivity index (χ2n) is 9.45. The highest BCUT2D eigenvalue weighted by Crippen LogP contribution is 2.41. The van der Waals surface area contributed by atoms with Gasteiger partial charge >= 0.3 is 17.9 Å². The van der Waals surface area contributed by atoms with Crippen molar-refractivity contribution in [3.05, 3.63) is 58.7 Å². The van der Waals surface area contributed by atoms with Crippen LogP contribution in [0.1, 0.15) is 44.2 Å². The van der Waals surface area contributed by atoms with Crippen molar-refractivity contribution in [2.75, 3.05) is 19.8 Å². The lowest BCUT2D eigenvalue weighted by molar-refractivity contribution is -0.239.